The third-order valence-electron chi connectivity index (χ3n) is 1.45. The summed E-state index contributed by atoms with van der Waals surface area (Å²) < 4.78 is 5.13. The molecule has 0 aliphatic rings. The number of hydrogen-bond acceptors (Lipinski definition) is 3. The highest BCUT2D eigenvalue weighted by molar-refractivity contribution is 5.34. The average molecular weight is 166 g/mol. The van der Waals surface area contributed by atoms with Crippen LogP contribution >= 0.6 is 0 Å². The van der Waals surface area contributed by atoms with E-state index in [0.717, 1.165) is 18.1 Å². The molecular weight excluding hydrogens is 152 g/mol. The zero-order valence-electron chi connectivity index (χ0n) is 7.50. The maximum atomic E-state index is 5.13. The van der Waals surface area contributed by atoms with Gasteiger partial charge in [-0.15, -0.1) is 0 Å². The fraction of sp³-hybridized carbons (Fsp3) is 0.444. The number of nitrogens with one attached hydrogen (secondary N) is 1. The molecule has 0 aliphatic heterocycles. The zero-order chi connectivity index (χ0) is 8.81. The molecule has 0 radical (unpaired) electrons. The van der Waals surface area contributed by atoms with E-state index < -0.39 is 0 Å². The van der Waals surface area contributed by atoms with Gasteiger partial charge >= 0.3 is 0 Å². The molecule has 0 bridgehead atoms. The topological polar surface area (TPSA) is 34.1 Å². The number of nitrogens with zero attached hydrogens (tertiary/aromatic N) is 1. The van der Waals surface area contributed by atoms with Crippen LogP contribution in [0.3, 0.4) is 0 Å². The van der Waals surface area contributed by atoms with Crippen molar-refractivity contribution in [2.45, 2.75) is 13.8 Å². The number of hydrogen-bond donors (Lipinski definition) is 1. The predicted octanol–water partition coefficient (Wildman–Crippen LogP) is 1.80. The molecule has 0 saturated carbocycles. The standard InChI is InChI=1S/C9H14N2O/c1-3-12-7-10-9-6-4-5-8(2)11-9/h4-6H,3,7H2,1-2H3,(H,10,11). The third-order valence-corrected chi connectivity index (χ3v) is 1.45. The minimum atomic E-state index is 0.521. The summed E-state index contributed by atoms with van der Waals surface area (Å²) in [6.45, 7) is 5.17. The predicted molar refractivity (Wildman–Crippen MR) is 49.1 cm³/mol. The fourth-order valence-corrected chi connectivity index (χ4v) is 0.869. The van der Waals surface area contributed by atoms with Crippen LogP contribution in [0.1, 0.15) is 12.6 Å². The van der Waals surface area contributed by atoms with E-state index in [1.807, 2.05) is 32.0 Å². The Morgan fingerprint density at radius 2 is 2.33 bits per heavy atom. The molecule has 12 heavy (non-hydrogen) atoms. The summed E-state index contributed by atoms with van der Waals surface area (Å²) in [4.78, 5) is 4.25. The van der Waals surface area contributed by atoms with Crippen LogP contribution in [0.5, 0.6) is 0 Å². The lowest BCUT2D eigenvalue weighted by atomic mass is 10.4. The van der Waals surface area contributed by atoms with Crippen molar-refractivity contribution in [3.8, 4) is 0 Å². The lowest BCUT2D eigenvalue weighted by Crippen LogP contribution is -2.06. The molecule has 0 saturated heterocycles. The van der Waals surface area contributed by atoms with Gasteiger partial charge < -0.3 is 10.1 Å². The molecular formula is C9H14N2O. The van der Waals surface area contributed by atoms with E-state index in [1.165, 1.54) is 0 Å². The highest BCUT2D eigenvalue weighted by Crippen LogP contribution is 2.02. The molecule has 66 valence electrons. The van der Waals surface area contributed by atoms with Gasteiger partial charge in [0, 0.05) is 12.3 Å². The summed E-state index contributed by atoms with van der Waals surface area (Å²) in [5, 5.41) is 3.05. The number of aryl methyl sites for hydroxylation is 1. The fourth-order valence-electron chi connectivity index (χ4n) is 0.869. The van der Waals surface area contributed by atoms with Gasteiger partial charge in [-0.05, 0) is 26.0 Å². The lowest BCUT2D eigenvalue weighted by Gasteiger charge is -2.04. The first-order chi connectivity index (χ1) is 5.83. The second-order valence-electron chi connectivity index (χ2n) is 2.48. The monoisotopic (exact) mass is 166 g/mol. The molecule has 0 unspecified atom stereocenters. The first-order valence-corrected chi connectivity index (χ1v) is 4.08. The molecule has 0 aromatic carbocycles. The van der Waals surface area contributed by atoms with Crippen molar-refractivity contribution in [2.75, 3.05) is 18.7 Å². The summed E-state index contributed by atoms with van der Waals surface area (Å²) in [7, 11) is 0. The lowest BCUT2D eigenvalue weighted by molar-refractivity contribution is 0.166. The van der Waals surface area contributed by atoms with Gasteiger partial charge in [0.25, 0.3) is 0 Å². The molecule has 3 heteroatoms. The normalized spacial score (nSPS) is 9.83. The highest BCUT2D eigenvalue weighted by atomic mass is 16.5. The van der Waals surface area contributed by atoms with Crippen LogP contribution in [0.2, 0.25) is 0 Å². The molecule has 0 spiro atoms. The van der Waals surface area contributed by atoms with Gasteiger partial charge in [-0.2, -0.15) is 0 Å². The molecule has 0 atom stereocenters. The molecule has 1 aromatic rings. The van der Waals surface area contributed by atoms with Gasteiger partial charge in [0.2, 0.25) is 0 Å². The van der Waals surface area contributed by atoms with Crippen molar-refractivity contribution in [2.24, 2.45) is 0 Å². The molecule has 1 rings (SSSR count). The van der Waals surface area contributed by atoms with Gasteiger partial charge in [-0.25, -0.2) is 4.98 Å². The van der Waals surface area contributed by atoms with Gasteiger partial charge in [0.15, 0.2) is 0 Å². The van der Waals surface area contributed by atoms with Crippen LogP contribution in [0.15, 0.2) is 18.2 Å². The molecule has 0 fully saturated rings. The summed E-state index contributed by atoms with van der Waals surface area (Å²) in [5.41, 5.74) is 1.01. The van der Waals surface area contributed by atoms with Crippen LogP contribution in [0.4, 0.5) is 5.82 Å². The Hall–Kier alpha value is -1.09. The van der Waals surface area contributed by atoms with Gasteiger partial charge in [-0.3, -0.25) is 0 Å². The molecule has 3 nitrogen and oxygen atoms in total. The summed E-state index contributed by atoms with van der Waals surface area (Å²) in [6, 6.07) is 5.86. The van der Waals surface area contributed by atoms with Crippen LogP contribution < -0.4 is 5.32 Å². The van der Waals surface area contributed by atoms with E-state index >= 15 is 0 Å². The van der Waals surface area contributed by atoms with E-state index in [4.69, 9.17) is 4.74 Å². The SMILES string of the molecule is CCOCNc1cccc(C)n1. The number of ether oxygens (including phenoxy) is 1. The minimum absolute atomic E-state index is 0.521. The maximum Gasteiger partial charge on any atom is 0.127 e. The first-order valence-electron chi connectivity index (χ1n) is 4.08. The molecule has 1 aromatic heterocycles. The Balaban J connectivity index is 2.41. The van der Waals surface area contributed by atoms with E-state index in [-0.39, 0.29) is 0 Å². The van der Waals surface area contributed by atoms with Crippen molar-refractivity contribution in [1.29, 1.82) is 0 Å². The van der Waals surface area contributed by atoms with Crippen molar-refractivity contribution >= 4 is 5.82 Å². The number of rotatable bonds is 4. The zero-order valence-corrected chi connectivity index (χ0v) is 7.50. The quantitative estimate of drug-likeness (QED) is 0.547. The minimum Gasteiger partial charge on any atom is -0.362 e. The largest absolute Gasteiger partial charge is 0.362 e. The Kier molecular flexibility index (Phi) is 3.54. The Morgan fingerprint density at radius 1 is 1.50 bits per heavy atom. The summed E-state index contributed by atoms with van der Waals surface area (Å²) in [5.74, 6) is 0.864. The Morgan fingerprint density at radius 3 is 3.00 bits per heavy atom. The van der Waals surface area contributed by atoms with Crippen molar-refractivity contribution < 1.29 is 4.74 Å². The second-order valence-corrected chi connectivity index (χ2v) is 2.48. The summed E-state index contributed by atoms with van der Waals surface area (Å²) in [6.07, 6.45) is 0. The highest BCUT2D eigenvalue weighted by Gasteiger charge is 1.91. The average Bonchev–Trinajstić information content (AvgIpc) is 2.05. The van der Waals surface area contributed by atoms with Crippen molar-refractivity contribution in [1.82, 2.24) is 4.98 Å². The Bertz CT molecular complexity index is 238. The van der Waals surface area contributed by atoms with Crippen molar-refractivity contribution in [3.05, 3.63) is 23.9 Å². The van der Waals surface area contributed by atoms with E-state index in [2.05, 4.69) is 10.3 Å². The molecule has 1 N–H and O–H groups in total. The molecule has 0 amide bonds. The van der Waals surface area contributed by atoms with Gasteiger partial charge in [-0.1, -0.05) is 6.07 Å². The third kappa shape index (κ3) is 2.88. The van der Waals surface area contributed by atoms with Crippen LogP contribution in [0.25, 0.3) is 0 Å². The van der Waals surface area contributed by atoms with Crippen LogP contribution in [-0.4, -0.2) is 18.3 Å². The summed E-state index contributed by atoms with van der Waals surface area (Å²) >= 11 is 0. The van der Waals surface area contributed by atoms with Gasteiger partial charge in [0.05, 0.1) is 0 Å². The van der Waals surface area contributed by atoms with Gasteiger partial charge in [0.1, 0.15) is 12.5 Å². The maximum absolute atomic E-state index is 5.13. The first kappa shape index (κ1) is 9.00. The van der Waals surface area contributed by atoms with E-state index in [9.17, 15) is 0 Å². The number of aromatic nitrogens is 1. The Labute approximate surface area is 72.8 Å². The van der Waals surface area contributed by atoms with Crippen LogP contribution in [-0.2, 0) is 4.74 Å². The molecule has 0 aliphatic carbocycles. The smallest absolute Gasteiger partial charge is 0.127 e. The van der Waals surface area contributed by atoms with Crippen LogP contribution in [0, 0.1) is 6.92 Å². The van der Waals surface area contributed by atoms with E-state index in [1.54, 1.807) is 0 Å². The van der Waals surface area contributed by atoms with Crippen molar-refractivity contribution in [3.63, 3.8) is 0 Å². The number of pyridine rings is 1. The van der Waals surface area contributed by atoms with E-state index in [0.29, 0.717) is 6.73 Å². The second kappa shape index (κ2) is 4.72. The number of anilines is 1. The molecule has 1 heterocycles.